The Bertz CT molecular complexity index is 834. The van der Waals surface area contributed by atoms with Gasteiger partial charge in [0.1, 0.15) is 11.8 Å². The van der Waals surface area contributed by atoms with Crippen molar-refractivity contribution >= 4 is 17.5 Å². The van der Waals surface area contributed by atoms with E-state index in [1.54, 1.807) is 18.2 Å². The summed E-state index contributed by atoms with van der Waals surface area (Å²) in [5.41, 5.74) is 2.38. The fourth-order valence-electron chi connectivity index (χ4n) is 3.34. The molecule has 2 aromatic rings. The highest BCUT2D eigenvalue weighted by Gasteiger charge is 2.24. The number of halogens is 1. The minimum Gasteiger partial charge on any atom is -0.490 e. The van der Waals surface area contributed by atoms with Crippen LogP contribution in [0.3, 0.4) is 0 Å². The molecule has 0 aromatic heterocycles. The Morgan fingerprint density at radius 2 is 1.89 bits per heavy atom. The minimum atomic E-state index is -0.0131. The van der Waals surface area contributed by atoms with E-state index < -0.39 is 0 Å². The van der Waals surface area contributed by atoms with Crippen LogP contribution in [0.25, 0.3) is 0 Å². The van der Waals surface area contributed by atoms with Gasteiger partial charge in [-0.15, -0.1) is 0 Å². The third kappa shape index (κ3) is 5.02. The second-order valence-electron chi connectivity index (χ2n) is 6.87. The van der Waals surface area contributed by atoms with Crippen molar-refractivity contribution in [3.8, 4) is 11.8 Å². The maximum absolute atomic E-state index is 12.4. The number of nitrogens with one attached hydrogen (secondary N) is 1. The molecule has 3 rings (SSSR count). The number of carbonyl (C=O) groups is 1. The Morgan fingerprint density at radius 3 is 2.48 bits per heavy atom. The number of ether oxygens (including phenoxy) is 1. The topological polar surface area (TPSA) is 62.1 Å². The molecule has 1 N–H and O–H groups in total. The first-order valence-corrected chi connectivity index (χ1v) is 9.73. The fourth-order valence-corrected chi connectivity index (χ4v) is 3.55. The third-order valence-electron chi connectivity index (χ3n) is 5.00. The third-order valence-corrected chi connectivity index (χ3v) is 5.31. The van der Waals surface area contributed by atoms with Crippen LogP contribution in [0.5, 0.6) is 5.75 Å². The van der Waals surface area contributed by atoms with Crippen LogP contribution < -0.4 is 10.1 Å². The summed E-state index contributed by atoms with van der Waals surface area (Å²) in [6.07, 6.45) is 4.58. The van der Waals surface area contributed by atoms with Gasteiger partial charge in [-0.25, -0.2) is 0 Å². The lowest BCUT2D eigenvalue weighted by Gasteiger charge is -2.29. The zero-order valence-electron chi connectivity index (χ0n) is 15.4. The zero-order chi connectivity index (χ0) is 19.2. The summed E-state index contributed by atoms with van der Waals surface area (Å²) in [5.74, 6) is 0.670. The van der Waals surface area contributed by atoms with E-state index in [-0.39, 0.29) is 18.1 Å². The van der Waals surface area contributed by atoms with Crippen LogP contribution in [-0.4, -0.2) is 18.1 Å². The van der Waals surface area contributed by atoms with Gasteiger partial charge < -0.3 is 10.1 Å². The summed E-state index contributed by atoms with van der Waals surface area (Å²) in [6, 6.07) is 15.1. The molecular formula is C22H23ClN2O2. The zero-order valence-corrected chi connectivity index (χ0v) is 16.1. The molecule has 0 saturated heterocycles. The Labute approximate surface area is 165 Å². The highest BCUT2D eigenvalue weighted by atomic mass is 35.5. The summed E-state index contributed by atoms with van der Waals surface area (Å²) in [7, 11) is 0. The number of hydrogen-bond donors (Lipinski definition) is 1. The molecule has 5 heteroatoms. The molecule has 0 spiro atoms. The maximum Gasteiger partial charge on any atom is 0.251 e. The van der Waals surface area contributed by atoms with Crippen molar-refractivity contribution in [3.05, 3.63) is 64.2 Å². The predicted molar refractivity (Wildman–Crippen MR) is 106 cm³/mol. The summed E-state index contributed by atoms with van der Waals surface area (Å²) >= 11 is 6.05. The predicted octanol–water partition coefficient (Wildman–Crippen LogP) is 4.89. The van der Waals surface area contributed by atoms with Crippen LogP contribution in [0.4, 0.5) is 0 Å². The molecule has 27 heavy (non-hydrogen) atoms. The van der Waals surface area contributed by atoms with E-state index >= 15 is 0 Å². The van der Waals surface area contributed by atoms with E-state index in [0.29, 0.717) is 21.9 Å². The van der Waals surface area contributed by atoms with Gasteiger partial charge in [0.25, 0.3) is 5.91 Å². The van der Waals surface area contributed by atoms with Gasteiger partial charge in [-0.2, -0.15) is 5.26 Å². The van der Waals surface area contributed by atoms with Crippen molar-refractivity contribution in [2.24, 2.45) is 0 Å². The number of amides is 1. The summed E-state index contributed by atoms with van der Waals surface area (Å²) in [4.78, 5) is 12.4. The first kappa shape index (κ1) is 19.3. The number of aryl methyl sites for hydroxylation is 1. The van der Waals surface area contributed by atoms with Crippen LogP contribution >= 0.6 is 11.6 Å². The molecule has 140 valence electrons. The monoisotopic (exact) mass is 382 g/mol. The van der Waals surface area contributed by atoms with Gasteiger partial charge in [0.05, 0.1) is 16.7 Å². The van der Waals surface area contributed by atoms with Gasteiger partial charge in [-0.05, 0) is 61.9 Å². The molecule has 2 aromatic carbocycles. The van der Waals surface area contributed by atoms with Crippen molar-refractivity contribution in [1.29, 1.82) is 5.26 Å². The SMILES string of the molecule is CCc1ccc(C(=O)NC2CCC(Oc3ccc(C#N)c(Cl)c3)CC2)cc1. The lowest BCUT2D eigenvalue weighted by molar-refractivity contribution is 0.0894. The van der Waals surface area contributed by atoms with Gasteiger partial charge >= 0.3 is 0 Å². The molecule has 0 heterocycles. The van der Waals surface area contributed by atoms with E-state index in [2.05, 4.69) is 12.2 Å². The second kappa shape index (κ2) is 8.92. The first-order chi connectivity index (χ1) is 13.1. The quantitative estimate of drug-likeness (QED) is 0.800. The number of rotatable bonds is 5. The Morgan fingerprint density at radius 1 is 1.19 bits per heavy atom. The standard InChI is InChI=1S/C22H23ClN2O2/c1-2-15-3-5-16(6-4-15)22(26)25-18-8-11-19(12-9-18)27-20-10-7-17(14-24)21(23)13-20/h3-7,10,13,18-19H,2,8-9,11-12H2,1H3,(H,25,26). The number of nitrogens with zero attached hydrogens (tertiary/aromatic N) is 1. The van der Waals surface area contributed by atoms with E-state index in [0.717, 1.165) is 32.1 Å². The van der Waals surface area contributed by atoms with Crippen molar-refractivity contribution in [2.75, 3.05) is 0 Å². The lowest BCUT2D eigenvalue weighted by Crippen LogP contribution is -2.39. The molecule has 0 radical (unpaired) electrons. The van der Waals surface area contributed by atoms with Gasteiger partial charge in [0.2, 0.25) is 0 Å². The maximum atomic E-state index is 12.4. The van der Waals surface area contributed by atoms with Crippen LogP contribution in [-0.2, 0) is 6.42 Å². The van der Waals surface area contributed by atoms with Crippen molar-refractivity contribution < 1.29 is 9.53 Å². The molecule has 1 amide bonds. The fraction of sp³-hybridized carbons (Fsp3) is 0.364. The molecule has 0 atom stereocenters. The van der Waals surface area contributed by atoms with Crippen LogP contribution in [0, 0.1) is 11.3 Å². The summed E-state index contributed by atoms with van der Waals surface area (Å²) < 4.78 is 5.99. The molecule has 0 aliphatic heterocycles. The first-order valence-electron chi connectivity index (χ1n) is 9.35. The van der Waals surface area contributed by atoms with Gasteiger partial charge in [0, 0.05) is 17.7 Å². The number of carbonyl (C=O) groups excluding carboxylic acids is 1. The number of benzene rings is 2. The highest BCUT2D eigenvalue weighted by Crippen LogP contribution is 2.27. The van der Waals surface area contributed by atoms with Gasteiger partial charge in [-0.1, -0.05) is 30.7 Å². The molecule has 1 fully saturated rings. The van der Waals surface area contributed by atoms with E-state index in [1.807, 2.05) is 30.3 Å². The van der Waals surface area contributed by atoms with Crippen LogP contribution in [0.1, 0.15) is 54.1 Å². The number of hydrogen-bond acceptors (Lipinski definition) is 3. The molecule has 4 nitrogen and oxygen atoms in total. The van der Waals surface area contributed by atoms with E-state index in [4.69, 9.17) is 21.6 Å². The minimum absolute atomic E-state index is 0.0131. The summed E-state index contributed by atoms with van der Waals surface area (Å²) in [5, 5.41) is 12.5. The van der Waals surface area contributed by atoms with E-state index in [9.17, 15) is 4.79 Å². The Kier molecular flexibility index (Phi) is 6.36. The van der Waals surface area contributed by atoms with Crippen LogP contribution in [0.2, 0.25) is 5.02 Å². The number of nitriles is 1. The van der Waals surface area contributed by atoms with Gasteiger partial charge in [0.15, 0.2) is 0 Å². The second-order valence-corrected chi connectivity index (χ2v) is 7.28. The largest absolute Gasteiger partial charge is 0.490 e. The molecule has 1 aliphatic rings. The lowest BCUT2D eigenvalue weighted by atomic mass is 9.92. The molecule has 0 unspecified atom stereocenters. The molecule has 1 saturated carbocycles. The Balaban J connectivity index is 1.49. The molecular weight excluding hydrogens is 360 g/mol. The Hall–Kier alpha value is -2.51. The normalized spacial score (nSPS) is 19.1. The van der Waals surface area contributed by atoms with Crippen molar-refractivity contribution in [1.82, 2.24) is 5.32 Å². The molecule has 1 aliphatic carbocycles. The smallest absolute Gasteiger partial charge is 0.251 e. The van der Waals surface area contributed by atoms with Gasteiger partial charge in [-0.3, -0.25) is 4.79 Å². The highest BCUT2D eigenvalue weighted by molar-refractivity contribution is 6.31. The van der Waals surface area contributed by atoms with Crippen molar-refractivity contribution in [3.63, 3.8) is 0 Å². The van der Waals surface area contributed by atoms with Crippen molar-refractivity contribution in [2.45, 2.75) is 51.2 Å². The summed E-state index contributed by atoms with van der Waals surface area (Å²) in [6.45, 7) is 2.10. The van der Waals surface area contributed by atoms with E-state index in [1.165, 1.54) is 5.56 Å². The average molecular weight is 383 g/mol. The van der Waals surface area contributed by atoms with Crippen LogP contribution in [0.15, 0.2) is 42.5 Å². The molecule has 0 bridgehead atoms. The average Bonchev–Trinajstić information content (AvgIpc) is 2.69.